The summed E-state index contributed by atoms with van der Waals surface area (Å²) in [6.45, 7) is 11.6. The van der Waals surface area contributed by atoms with Gasteiger partial charge in [0.1, 0.15) is 0 Å². The molecule has 1 fully saturated rings. The van der Waals surface area contributed by atoms with E-state index in [0.29, 0.717) is 31.3 Å². The molecular formula is C27H38Cl2N4O3S. The maximum absolute atomic E-state index is 13.6. The number of nitrogens with one attached hydrogen (secondary N) is 3. The zero-order chi connectivity index (χ0) is 25.2. The van der Waals surface area contributed by atoms with E-state index < -0.39 is 6.09 Å². The lowest BCUT2D eigenvalue weighted by molar-refractivity contribution is -0.117. The number of fused-ring (bicyclic) bond motifs is 2. The Morgan fingerprint density at radius 1 is 1.03 bits per heavy atom. The fourth-order valence-corrected chi connectivity index (χ4v) is 6.39. The zero-order valence-corrected chi connectivity index (χ0v) is 24.5. The zero-order valence-electron chi connectivity index (χ0n) is 22.1. The molecule has 204 valence electrons. The van der Waals surface area contributed by atoms with Crippen molar-refractivity contribution >= 4 is 65.6 Å². The highest BCUT2D eigenvalue weighted by Gasteiger charge is 2.37. The van der Waals surface area contributed by atoms with E-state index in [-0.39, 0.29) is 41.8 Å². The molecule has 0 atom stereocenters. The van der Waals surface area contributed by atoms with Gasteiger partial charge in [0.05, 0.1) is 18.0 Å². The van der Waals surface area contributed by atoms with Crippen molar-refractivity contribution in [3.05, 3.63) is 42.5 Å². The first kappa shape index (κ1) is 31.2. The number of amides is 2. The Morgan fingerprint density at radius 3 is 2.35 bits per heavy atom. The number of hydrogen-bond donors (Lipinski definition) is 3. The van der Waals surface area contributed by atoms with Gasteiger partial charge in [-0.1, -0.05) is 23.9 Å². The SMILES string of the molecule is CCOC(=O)Nc1ccc2c(c1)N(C(=O)CCNC1CC(C)(C)NC(C)(C)C1)c1ccccc1S2.Cl.Cl. The standard InChI is InChI=1S/C27H36N4O3S.2ClH/c1-6-34-25(33)29-18-11-12-23-21(15-18)31(20-9-7-8-10-22(20)35-23)24(32)13-14-28-19-16-26(2,3)30-27(4,5)17-19;;/h7-12,15,19,28,30H,6,13-14,16-17H2,1-5H3,(H,29,33);2*1H. The van der Waals surface area contributed by atoms with E-state index in [1.807, 2.05) is 42.5 Å². The van der Waals surface area contributed by atoms with Crippen LogP contribution in [-0.4, -0.2) is 42.3 Å². The molecule has 10 heteroatoms. The van der Waals surface area contributed by atoms with Gasteiger partial charge in [-0.3, -0.25) is 15.0 Å². The van der Waals surface area contributed by atoms with Crippen LogP contribution in [0.5, 0.6) is 0 Å². The summed E-state index contributed by atoms with van der Waals surface area (Å²) >= 11 is 1.63. The Morgan fingerprint density at radius 2 is 1.68 bits per heavy atom. The van der Waals surface area contributed by atoms with Crippen molar-refractivity contribution in [3.8, 4) is 0 Å². The summed E-state index contributed by atoms with van der Waals surface area (Å²) in [5, 5.41) is 10.1. The fraction of sp³-hybridized carbons (Fsp3) is 0.481. The second-order valence-corrected chi connectivity index (χ2v) is 11.6. The van der Waals surface area contributed by atoms with Gasteiger partial charge in [-0.25, -0.2) is 4.79 Å². The molecule has 2 aliphatic rings. The number of nitrogens with zero attached hydrogens (tertiary/aromatic N) is 1. The number of carbonyl (C=O) groups is 2. The van der Waals surface area contributed by atoms with Crippen molar-refractivity contribution in [2.75, 3.05) is 23.4 Å². The Labute approximate surface area is 236 Å². The summed E-state index contributed by atoms with van der Waals surface area (Å²) in [6.07, 6.45) is 1.89. The highest BCUT2D eigenvalue weighted by Crippen LogP contribution is 2.49. The number of hydrogen-bond acceptors (Lipinski definition) is 6. The molecule has 7 nitrogen and oxygen atoms in total. The van der Waals surface area contributed by atoms with Gasteiger partial charge >= 0.3 is 6.09 Å². The molecule has 0 aromatic heterocycles. The average molecular weight is 570 g/mol. The molecule has 0 bridgehead atoms. The summed E-state index contributed by atoms with van der Waals surface area (Å²) in [5.41, 5.74) is 2.34. The molecule has 2 aromatic rings. The summed E-state index contributed by atoms with van der Waals surface area (Å²) in [5.74, 6) is 0.0206. The van der Waals surface area contributed by atoms with Gasteiger partial charge < -0.3 is 15.4 Å². The molecule has 0 spiro atoms. The molecule has 1 saturated heterocycles. The van der Waals surface area contributed by atoms with Crippen molar-refractivity contribution in [1.29, 1.82) is 0 Å². The Hall–Kier alpha value is -1.97. The van der Waals surface area contributed by atoms with E-state index >= 15 is 0 Å². The number of halogens is 2. The van der Waals surface area contributed by atoms with Crippen molar-refractivity contribution in [2.24, 2.45) is 0 Å². The van der Waals surface area contributed by atoms with Gasteiger partial charge in [-0.05, 0) is 77.8 Å². The third-order valence-electron chi connectivity index (χ3n) is 6.26. The Balaban J connectivity index is 0.00000241. The fourth-order valence-electron chi connectivity index (χ4n) is 5.35. The van der Waals surface area contributed by atoms with Crippen LogP contribution in [0, 0.1) is 0 Å². The van der Waals surface area contributed by atoms with Crippen LogP contribution in [0.2, 0.25) is 0 Å². The number of benzene rings is 2. The van der Waals surface area contributed by atoms with E-state index in [2.05, 4.69) is 43.6 Å². The number of ether oxygens (including phenoxy) is 1. The van der Waals surface area contributed by atoms with Crippen LogP contribution in [0.15, 0.2) is 52.3 Å². The van der Waals surface area contributed by atoms with Crippen LogP contribution in [0.3, 0.4) is 0 Å². The van der Waals surface area contributed by atoms with E-state index in [4.69, 9.17) is 4.74 Å². The molecule has 0 saturated carbocycles. The number of para-hydroxylation sites is 1. The summed E-state index contributed by atoms with van der Waals surface area (Å²) in [4.78, 5) is 29.4. The van der Waals surface area contributed by atoms with Crippen LogP contribution in [0.25, 0.3) is 0 Å². The lowest BCUT2D eigenvalue weighted by Gasteiger charge is -2.46. The first-order valence-electron chi connectivity index (χ1n) is 12.3. The first-order chi connectivity index (χ1) is 16.6. The largest absolute Gasteiger partial charge is 0.450 e. The predicted molar refractivity (Wildman–Crippen MR) is 156 cm³/mol. The first-order valence-corrected chi connectivity index (χ1v) is 13.1. The van der Waals surface area contributed by atoms with Gasteiger partial charge in [0.25, 0.3) is 0 Å². The Kier molecular flexibility index (Phi) is 10.7. The van der Waals surface area contributed by atoms with Crippen molar-refractivity contribution in [3.63, 3.8) is 0 Å². The minimum absolute atomic E-state index is 0. The van der Waals surface area contributed by atoms with Gasteiger partial charge in [0.2, 0.25) is 5.91 Å². The quantitative estimate of drug-likeness (QED) is 0.368. The number of anilines is 3. The van der Waals surface area contributed by atoms with Crippen LogP contribution in [0.4, 0.5) is 21.9 Å². The average Bonchev–Trinajstić information content (AvgIpc) is 2.75. The molecule has 3 N–H and O–H groups in total. The molecule has 0 radical (unpaired) electrons. The van der Waals surface area contributed by atoms with Crippen molar-refractivity contribution in [1.82, 2.24) is 10.6 Å². The predicted octanol–water partition coefficient (Wildman–Crippen LogP) is 6.52. The topological polar surface area (TPSA) is 82.7 Å². The highest BCUT2D eigenvalue weighted by molar-refractivity contribution is 7.99. The van der Waals surface area contributed by atoms with Crippen LogP contribution >= 0.6 is 36.6 Å². The monoisotopic (exact) mass is 568 g/mol. The summed E-state index contributed by atoms with van der Waals surface area (Å²) < 4.78 is 5.01. The minimum atomic E-state index is -0.508. The molecular weight excluding hydrogens is 531 g/mol. The van der Waals surface area contributed by atoms with Crippen molar-refractivity contribution < 1.29 is 14.3 Å². The van der Waals surface area contributed by atoms with Crippen molar-refractivity contribution in [2.45, 2.75) is 80.8 Å². The molecule has 37 heavy (non-hydrogen) atoms. The summed E-state index contributed by atoms with van der Waals surface area (Å²) in [6, 6.07) is 13.9. The van der Waals surface area contributed by atoms with Crippen LogP contribution in [-0.2, 0) is 9.53 Å². The molecule has 2 amide bonds. The number of rotatable bonds is 6. The normalized spacial score (nSPS) is 17.4. The summed E-state index contributed by atoms with van der Waals surface area (Å²) in [7, 11) is 0. The second kappa shape index (κ2) is 12.7. The third-order valence-corrected chi connectivity index (χ3v) is 7.39. The van der Waals surface area contributed by atoms with Gasteiger partial charge in [0.15, 0.2) is 0 Å². The minimum Gasteiger partial charge on any atom is -0.450 e. The van der Waals surface area contributed by atoms with E-state index in [9.17, 15) is 9.59 Å². The van der Waals surface area contributed by atoms with E-state index in [0.717, 1.165) is 34.0 Å². The maximum atomic E-state index is 13.6. The van der Waals surface area contributed by atoms with Gasteiger partial charge in [-0.15, -0.1) is 24.8 Å². The lowest BCUT2D eigenvalue weighted by Crippen LogP contribution is -2.61. The smallest absolute Gasteiger partial charge is 0.411 e. The van der Waals surface area contributed by atoms with Gasteiger partial charge in [0, 0.05) is 45.6 Å². The number of piperidine rings is 1. The molecule has 2 aromatic carbocycles. The third kappa shape index (κ3) is 7.77. The molecule has 2 aliphatic heterocycles. The highest BCUT2D eigenvalue weighted by atomic mass is 35.5. The van der Waals surface area contributed by atoms with E-state index in [1.54, 1.807) is 23.6 Å². The molecule has 0 aliphatic carbocycles. The molecule has 4 rings (SSSR count). The van der Waals surface area contributed by atoms with Gasteiger partial charge in [-0.2, -0.15) is 0 Å². The second-order valence-electron chi connectivity index (χ2n) is 10.5. The molecule has 0 unspecified atom stereocenters. The Bertz CT molecular complexity index is 1100. The number of carbonyl (C=O) groups excluding carboxylic acids is 2. The molecule has 2 heterocycles. The van der Waals surface area contributed by atoms with E-state index in [1.165, 1.54) is 0 Å². The maximum Gasteiger partial charge on any atom is 0.411 e. The van der Waals surface area contributed by atoms with Crippen LogP contribution in [0.1, 0.15) is 53.9 Å². The lowest BCUT2D eigenvalue weighted by atomic mass is 9.79. The van der Waals surface area contributed by atoms with Crippen LogP contribution < -0.4 is 20.9 Å².